The van der Waals surface area contributed by atoms with Crippen molar-refractivity contribution >= 4 is 40.1 Å². The summed E-state index contributed by atoms with van der Waals surface area (Å²) in [5, 5.41) is 0.971. The number of hydrogen-bond donors (Lipinski definition) is 0. The molecule has 32 heavy (non-hydrogen) atoms. The van der Waals surface area contributed by atoms with Gasteiger partial charge >= 0.3 is 5.69 Å². The van der Waals surface area contributed by atoms with Gasteiger partial charge in [0.15, 0.2) is 16.9 Å². The van der Waals surface area contributed by atoms with Crippen molar-refractivity contribution in [1.29, 1.82) is 0 Å². The van der Waals surface area contributed by atoms with E-state index in [2.05, 4.69) is 4.98 Å². The molecular weight excluding hydrogens is 451 g/mol. The summed E-state index contributed by atoms with van der Waals surface area (Å²) in [4.78, 5) is 43.7. The van der Waals surface area contributed by atoms with E-state index < -0.39 is 11.2 Å². The van der Waals surface area contributed by atoms with Gasteiger partial charge in [-0.25, -0.2) is 14.3 Å². The third-order valence-corrected chi connectivity index (χ3v) is 5.48. The second-order valence-corrected chi connectivity index (χ2v) is 8.76. The first-order valence-corrected chi connectivity index (χ1v) is 10.8. The largest absolute Gasteiger partial charge is 0.337 e. The molecule has 4 aromatic rings. The van der Waals surface area contributed by atoms with E-state index in [4.69, 9.17) is 23.2 Å². The number of hydrogen-bond acceptors (Lipinski definition) is 4. The molecule has 0 spiro atoms. The van der Waals surface area contributed by atoms with Crippen LogP contribution in [0.5, 0.6) is 0 Å². The highest BCUT2D eigenvalue weighted by atomic mass is 35.5. The predicted molar refractivity (Wildman–Crippen MR) is 125 cm³/mol. The van der Waals surface area contributed by atoms with E-state index in [0.717, 1.165) is 0 Å². The van der Waals surface area contributed by atoms with Crippen molar-refractivity contribution in [2.75, 3.05) is 0 Å². The quantitative estimate of drug-likeness (QED) is 0.395. The molecule has 0 saturated carbocycles. The number of nitrogens with zero attached hydrogens (tertiary/aromatic N) is 4. The molecule has 0 N–H and O–H groups in total. The highest BCUT2D eigenvalue weighted by molar-refractivity contribution is 6.31. The molecule has 0 bridgehead atoms. The van der Waals surface area contributed by atoms with E-state index >= 15 is 0 Å². The number of Topliss-reactive ketones (excluding diaryl/α,β-unsaturated/α-hetero) is 1. The molecule has 2 heterocycles. The Labute approximate surface area is 193 Å². The van der Waals surface area contributed by atoms with Gasteiger partial charge in [0.1, 0.15) is 0 Å². The zero-order valence-electron chi connectivity index (χ0n) is 17.5. The fourth-order valence-electron chi connectivity index (χ4n) is 3.56. The fourth-order valence-corrected chi connectivity index (χ4v) is 3.87. The Morgan fingerprint density at radius 1 is 1.03 bits per heavy atom. The van der Waals surface area contributed by atoms with Gasteiger partial charge in [-0.15, -0.1) is 0 Å². The number of fused-ring (bicyclic) bond motifs is 1. The summed E-state index contributed by atoms with van der Waals surface area (Å²) in [5.41, 5.74) is 0.297. The van der Waals surface area contributed by atoms with Gasteiger partial charge in [0.05, 0.1) is 18.6 Å². The molecule has 0 aliphatic rings. The van der Waals surface area contributed by atoms with E-state index in [1.54, 1.807) is 48.5 Å². The van der Waals surface area contributed by atoms with Gasteiger partial charge < -0.3 is 4.57 Å². The van der Waals surface area contributed by atoms with Crippen LogP contribution in [0.3, 0.4) is 0 Å². The number of carbonyl (C=O) groups excluding carboxylic acids is 1. The Bertz CT molecular complexity index is 1430. The molecule has 9 heteroatoms. The highest BCUT2D eigenvalue weighted by Crippen LogP contribution is 2.18. The third-order valence-electron chi connectivity index (χ3n) is 4.99. The van der Waals surface area contributed by atoms with E-state index in [9.17, 15) is 14.4 Å². The smallest absolute Gasteiger partial charge is 0.317 e. The monoisotopic (exact) mass is 470 g/mol. The van der Waals surface area contributed by atoms with Gasteiger partial charge in [0.25, 0.3) is 5.56 Å². The highest BCUT2D eigenvalue weighted by Gasteiger charge is 2.21. The standard InChI is InChI=1S/C23H20Cl2N4O3/c1-14(2)11-28-22(31)20-21(29(23(28)32)18-5-3-4-17(25)10-18)26-13-27(20)12-19(30)15-6-8-16(24)9-7-15/h3-10,13-14H,11-12H2,1-2H3. The Morgan fingerprint density at radius 2 is 1.75 bits per heavy atom. The number of aromatic nitrogens is 4. The third kappa shape index (κ3) is 4.13. The average Bonchev–Trinajstić information content (AvgIpc) is 3.15. The number of carbonyl (C=O) groups is 1. The fraction of sp³-hybridized carbons (Fsp3) is 0.217. The summed E-state index contributed by atoms with van der Waals surface area (Å²) < 4.78 is 4.01. The zero-order chi connectivity index (χ0) is 23.0. The SMILES string of the molecule is CC(C)Cn1c(=O)c2c(ncn2CC(=O)c2ccc(Cl)cc2)n(-c2cccc(Cl)c2)c1=O. The lowest BCUT2D eigenvalue weighted by atomic mass is 10.1. The van der Waals surface area contributed by atoms with Gasteiger partial charge in [0.2, 0.25) is 0 Å². The summed E-state index contributed by atoms with van der Waals surface area (Å²) in [7, 11) is 0. The molecule has 0 radical (unpaired) electrons. The van der Waals surface area contributed by atoms with Gasteiger partial charge in [-0.2, -0.15) is 0 Å². The maximum absolute atomic E-state index is 13.3. The van der Waals surface area contributed by atoms with Crippen molar-refractivity contribution in [2.45, 2.75) is 26.9 Å². The summed E-state index contributed by atoms with van der Waals surface area (Å²) in [6.45, 7) is 3.95. The maximum atomic E-state index is 13.3. The Balaban J connectivity index is 1.92. The molecule has 7 nitrogen and oxygen atoms in total. The summed E-state index contributed by atoms with van der Waals surface area (Å²) in [5.74, 6) is -0.158. The molecule has 2 aromatic carbocycles. The number of imidazole rings is 1. The van der Waals surface area contributed by atoms with Crippen LogP contribution in [-0.4, -0.2) is 24.5 Å². The molecule has 2 aromatic heterocycles. The number of rotatable bonds is 6. The van der Waals surface area contributed by atoms with Crippen molar-refractivity contribution in [1.82, 2.24) is 18.7 Å². The van der Waals surface area contributed by atoms with Gasteiger partial charge in [-0.05, 0) is 48.4 Å². The van der Waals surface area contributed by atoms with E-state index in [1.807, 2.05) is 13.8 Å². The molecule has 0 aliphatic carbocycles. The molecule has 0 saturated heterocycles. The summed E-state index contributed by atoms with van der Waals surface area (Å²) >= 11 is 12.0. The normalized spacial score (nSPS) is 11.4. The lowest BCUT2D eigenvalue weighted by molar-refractivity contribution is 0.0973. The first-order chi connectivity index (χ1) is 15.3. The summed E-state index contributed by atoms with van der Waals surface area (Å²) in [6.07, 6.45) is 1.40. The van der Waals surface area contributed by atoms with Gasteiger partial charge in [0, 0.05) is 22.2 Å². The van der Waals surface area contributed by atoms with Crippen LogP contribution >= 0.6 is 23.2 Å². The van der Waals surface area contributed by atoms with Crippen LogP contribution in [0.25, 0.3) is 16.9 Å². The van der Waals surface area contributed by atoms with Crippen LogP contribution < -0.4 is 11.2 Å². The molecule has 164 valence electrons. The molecule has 0 atom stereocenters. The van der Waals surface area contributed by atoms with Gasteiger partial charge in [-0.3, -0.25) is 14.2 Å². The number of ketones is 1. The minimum Gasteiger partial charge on any atom is -0.317 e. The van der Waals surface area contributed by atoms with Crippen LogP contribution in [0.15, 0.2) is 64.4 Å². The average molecular weight is 471 g/mol. The minimum atomic E-state index is -0.507. The number of benzene rings is 2. The lowest BCUT2D eigenvalue weighted by Crippen LogP contribution is -2.41. The van der Waals surface area contributed by atoms with Crippen molar-refractivity contribution in [2.24, 2.45) is 5.92 Å². The molecule has 0 unspecified atom stereocenters. The first kappa shape index (κ1) is 22.0. The van der Waals surface area contributed by atoms with Crippen LogP contribution in [0.2, 0.25) is 10.0 Å². The topological polar surface area (TPSA) is 78.9 Å². The van der Waals surface area contributed by atoms with E-state index in [0.29, 0.717) is 21.3 Å². The van der Waals surface area contributed by atoms with Gasteiger partial charge in [-0.1, -0.05) is 43.1 Å². The molecule has 0 fully saturated rings. The lowest BCUT2D eigenvalue weighted by Gasteiger charge is -2.14. The van der Waals surface area contributed by atoms with Crippen LogP contribution in [-0.2, 0) is 13.1 Å². The summed E-state index contributed by atoms with van der Waals surface area (Å²) in [6, 6.07) is 13.3. The van der Waals surface area contributed by atoms with Crippen molar-refractivity contribution < 1.29 is 4.79 Å². The second-order valence-electron chi connectivity index (χ2n) is 7.88. The van der Waals surface area contributed by atoms with Crippen LogP contribution in [0.4, 0.5) is 0 Å². The molecule has 4 rings (SSSR count). The number of halogens is 2. The maximum Gasteiger partial charge on any atom is 0.337 e. The molecule has 0 aliphatic heterocycles. The molecule has 0 amide bonds. The van der Waals surface area contributed by atoms with Crippen LogP contribution in [0, 0.1) is 5.92 Å². The van der Waals surface area contributed by atoms with Crippen LogP contribution in [0.1, 0.15) is 24.2 Å². The Morgan fingerprint density at radius 3 is 2.41 bits per heavy atom. The molecular formula is C23H20Cl2N4O3. The van der Waals surface area contributed by atoms with Crippen molar-refractivity contribution in [3.63, 3.8) is 0 Å². The Kier molecular flexibility index (Phi) is 6.04. The second kappa shape index (κ2) is 8.76. The first-order valence-electron chi connectivity index (χ1n) is 10.0. The van der Waals surface area contributed by atoms with Crippen molar-refractivity contribution in [3.05, 3.63) is 91.3 Å². The minimum absolute atomic E-state index is 0.0535. The van der Waals surface area contributed by atoms with E-state index in [1.165, 1.54) is 20.0 Å². The van der Waals surface area contributed by atoms with E-state index in [-0.39, 0.29) is 36.0 Å². The van der Waals surface area contributed by atoms with Crippen molar-refractivity contribution in [3.8, 4) is 5.69 Å². The predicted octanol–water partition coefficient (Wildman–Crippen LogP) is 4.19. The zero-order valence-corrected chi connectivity index (χ0v) is 19.0. The Hall–Kier alpha value is -3.16.